The summed E-state index contributed by atoms with van der Waals surface area (Å²) in [6.07, 6.45) is 2.43. The smallest absolute Gasteiger partial charge is 0.255 e. The molecule has 2 aliphatic heterocycles. The van der Waals surface area contributed by atoms with Gasteiger partial charge in [-0.15, -0.1) is 0 Å². The zero-order valence-corrected chi connectivity index (χ0v) is 20.2. The molecule has 0 spiro atoms. The van der Waals surface area contributed by atoms with Gasteiger partial charge in [-0.1, -0.05) is 26.0 Å². The van der Waals surface area contributed by atoms with Crippen molar-refractivity contribution in [3.05, 3.63) is 34.9 Å². The molecule has 2 bridgehead atoms. The molecule has 2 heterocycles. The Balaban J connectivity index is 1.27. The molecular weight excluding hydrogens is 458 g/mol. The van der Waals surface area contributed by atoms with Gasteiger partial charge in [0.25, 0.3) is 5.91 Å². The third-order valence-corrected chi connectivity index (χ3v) is 10.1. The molecule has 0 radical (unpaired) electrons. The molecule has 2 aliphatic carbocycles. The maximum atomic E-state index is 13.0. The average Bonchev–Trinajstić information content (AvgIpc) is 3.27. The maximum Gasteiger partial charge on any atom is 0.255 e. The Morgan fingerprint density at radius 1 is 1.15 bits per heavy atom. The molecule has 4 aliphatic rings. The number of nitrogens with one attached hydrogen (secondary N) is 2. The monoisotopic (exact) mass is 487 g/mol. The number of amides is 3. The Morgan fingerprint density at radius 3 is 2.56 bits per heavy atom. The predicted octanol–water partition coefficient (Wildman–Crippen LogP) is 1.26. The van der Waals surface area contributed by atoms with E-state index in [0.29, 0.717) is 24.0 Å². The second kappa shape index (κ2) is 7.71. The van der Waals surface area contributed by atoms with Gasteiger partial charge in [-0.25, -0.2) is 13.1 Å². The first-order chi connectivity index (χ1) is 15.9. The molecule has 3 amide bonds. The van der Waals surface area contributed by atoms with Crippen molar-refractivity contribution in [1.82, 2.24) is 14.9 Å². The van der Waals surface area contributed by atoms with Crippen LogP contribution in [0.4, 0.5) is 0 Å². The summed E-state index contributed by atoms with van der Waals surface area (Å²) >= 11 is 0. The van der Waals surface area contributed by atoms with E-state index in [2.05, 4.69) is 10.0 Å². The Kier molecular flexibility index (Phi) is 5.25. The third kappa shape index (κ3) is 3.50. The van der Waals surface area contributed by atoms with E-state index in [0.717, 1.165) is 12.0 Å². The number of hydrogen-bond acceptors (Lipinski definition) is 6. The average molecular weight is 488 g/mol. The SMILES string of the molecule is CC1(C)[C@@H]2CC[C@]1(CS(=O)(=O)NCc1ccc3c(c1)CN(C1CCC(=O)NC1=O)C3=O)C(=O)C2. The topological polar surface area (TPSA) is 130 Å². The molecule has 2 saturated carbocycles. The Hall–Kier alpha value is -2.59. The van der Waals surface area contributed by atoms with Gasteiger partial charge < -0.3 is 4.90 Å². The summed E-state index contributed by atoms with van der Waals surface area (Å²) in [4.78, 5) is 50.6. The summed E-state index contributed by atoms with van der Waals surface area (Å²) in [6, 6.07) is 4.43. The van der Waals surface area contributed by atoms with Crippen LogP contribution in [0.15, 0.2) is 18.2 Å². The fourth-order valence-electron chi connectivity index (χ4n) is 6.41. The molecule has 34 heavy (non-hydrogen) atoms. The van der Waals surface area contributed by atoms with Gasteiger partial charge in [-0.3, -0.25) is 24.5 Å². The number of nitrogens with zero attached hydrogens (tertiary/aromatic N) is 1. The normalized spacial score (nSPS) is 30.1. The zero-order valence-electron chi connectivity index (χ0n) is 19.3. The third-order valence-electron chi connectivity index (χ3n) is 8.66. The molecule has 1 aromatic carbocycles. The van der Waals surface area contributed by atoms with Crippen molar-refractivity contribution in [3.8, 4) is 0 Å². The number of carbonyl (C=O) groups is 4. The van der Waals surface area contributed by atoms with E-state index in [-0.39, 0.29) is 60.6 Å². The molecule has 1 saturated heterocycles. The summed E-state index contributed by atoms with van der Waals surface area (Å²) in [5.74, 6) is -0.970. The van der Waals surface area contributed by atoms with Crippen LogP contribution in [0.25, 0.3) is 0 Å². The van der Waals surface area contributed by atoms with Crippen molar-refractivity contribution in [2.45, 2.75) is 65.1 Å². The number of imide groups is 1. The van der Waals surface area contributed by atoms with Crippen LogP contribution in [0.2, 0.25) is 0 Å². The minimum atomic E-state index is -3.71. The highest BCUT2D eigenvalue weighted by molar-refractivity contribution is 7.89. The van der Waals surface area contributed by atoms with Gasteiger partial charge >= 0.3 is 0 Å². The first kappa shape index (κ1) is 23.2. The zero-order chi connectivity index (χ0) is 24.5. The number of sulfonamides is 1. The molecule has 5 rings (SSSR count). The number of rotatable bonds is 6. The van der Waals surface area contributed by atoms with Crippen molar-refractivity contribution in [1.29, 1.82) is 0 Å². The number of Topliss-reactive ketones (excluding diaryl/α,β-unsaturated/α-hetero) is 1. The lowest BCUT2D eigenvalue weighted by molar-refractivity contribution is -0.137. The van der Waals surface area contributed by atoms with E-state index >= 15 is 0 Å². The minimum Gasteiger partial charge on any atom is -0.322 e. The standard InChI is InChI=1S/C24H29N3O6S/c1-23(2)16-7-8-24(23,19(28)10-16)13-34(32,33)25-11-14-3-4-17-15(9-14)12-27(22(17)31)18-5-6-20(29)26-21(18)30/h3-4,9,16,18,25H,5-8,10-13H2,1-2H3,(H,26,29,30)/t16-,18?,24+/m1/s1. The number of benzene rings is 1. The number of carbonyl (C=O) groups excluding carboxylic acids is 4. The van der Waals surface area contributed by atoms with Gasteiger partial charge in [0.1, 0.15) is 11.8 Å². The summed E-state index contributed by atoms with van der Waals surface area (Å²) in [5, 5.41) is 2.28. The summed E-state index contributed by atoms with van der Waals surface area (Å²) in [6.45, 7) is 4.30. The largest absolute Gasteiger partial charge is 0.322 e. The second-order valence-corrected chi connectivity index (χ2v) is 12.4. The Labute approximate surface area is 198 Å². The van der Waals surface area contributed by atoms with Crippen molar-refractivity contribution in [2.75, 3.05) is 5.75 Å². The lowest BCUT2D eigenvalue weighted by atomic mass is 9.70. The predicted molar refractivity (Wildman–Crippen MR) is 122 cm³/mol. The number of fused-ring (bicyclic) bond motifs is 3. The fraction of sp³-hybridized carbons (Fsp3) is 0.583. The van der Waals surface area contributed by atoms with Gasteiger partial charge in [-0.05, 0) is 47.8 Å². The molecule has 10 heteroatoms. The van der Waals surface area contributed by atoms with Crippen molar-refractivity contribution in [3.63, 3.8) is 0 Å². The molecule has 1 unspecified atom stereocenters. The second-order valence-electron chi connectivity index (χ2n) is 10.6. The fourth-order valence-corrected chi connectivity index (χ4v) is 8.23. The highest BCUT2D eigenvalue weighted by Gasteiger charge is 2.65. The van der Waals surface area contributed by atoms with Crippen LogP contribution in [-0.2, 0) is 37.5 Å². The molecule has 0 aromatic heterocycles. The van der Waals surface area contributed by atoms with Crippen LogP contribution in [-0.4, -0.2) is 48.6 Å². The summed E-state index contributed by atoms with van der Waals surface area (Å²) in [5.41, 5.74) is 0.739. The van der Waals surface area contributed by atoms with Crippen LogP contribution < -0.4 is 10.0 Å². The van der Waals surface area contributed by atoms with E-state index in [9.17, 15) is 27.6 Å². The van der Waals surface area contributed by atoms with E-state index in [1.165, 1.54) is 4.90 Å². The molecule has 182 valence electrons. The highest BCUT2D eigenvalue weighted by Crippen LogP contribution is 2.64. The molecule has 2 N–H and O–H groups in total. The lowest BCUT2D eigenvalue weighted by Gasteiger charge is -2.36. The summed E-state index contributed by atoms with van der Waals surface area (Å²) in [7, 11) is -3.71. The minimum absolute atomic E-state index is 0.0519. The van der Waals surface area contributed by atoms with Gasteiger partial charge in [0.05, 0.1) is 5.75 Å². The van der Waals surface area contributed by atoms with Crippen LogP contribution >= 0.6 is 0 Å². The number of piperidine rings is 1. The molecule has 3 fully saturated rings. The first-order valence-electron chi connectivity index (χ1n) is 11.7. The number of ketones is 1. The van der Waals surface area contributed by atoms with Crippen molar-refractivity contribution in [2.24, 2.45) is 16.7 Å². The van der Waals surface area contributed by atoms with Crippen molar-refractivity contribution < 1.29 is 27.6 Å². The van der Waals surface area contributed by atoms with Gasteiger partial charge in [0.15, 0.2) is 0 Å². The molecule has 3 atom stereocenters. The van der Waals surface area contributed by atoms with E-state index in [4.69, 9.17) is 0 Å². The van der Waals surface area contributed by atoms with Gasteiger partial charge in [0.2, 0.25) is 21.8 Å². The van der Waals surface area contributed by atoms with Crippen LogP contribution in [0, 0.1) is 16.7 Å². The quantitative estimate of drug-likeness (QED) is 0.581. The van der Waals surface area contributed by atoms with E-state index in [1.807, 2.05) is 13.8 Å². The van der Waals surface area contributed by atoms with Crippen LogP contribution in [0.1, 0.15) is 67.4 Å². The highest BCUT2D eigenvalue weighted by atomic mass is 32.2. The van der Waals surface area contributed by atoms with Gasteiger partial charge in [-0.2, -0.15) is 0 Å². The Morgan fingerprint density at radius 2 is 1.91 bits per heavy atom. The van der Waals surface area contributed by atoms with Crippen LogP contribution in [0.3, 0.4) is 0 Å². The lowest BCUT2D eigenvalue weighted by Crippen LogP contribution is -2.52. The summed E-state index contributed by atoms with van der Waals surface area (Å²) < 4.78 is 28.6. The maximum absolute atomic E-state index is 13.0. The molecule has 1 aromatic rings. The van der Waals surface area contributed by atoms with Crippen LogP contribution in [0.5, 0.6) is 0 Å². The number of hydrogen-bond donors (Lipinski definition) is 2. The molecule has 9 nitrogen and oxygen atoms in total. The molecular formula is C24H29N3O6S. The van der Waals surface area contributed by atoms with E-state index in [1.54, 1.807) is 18.2 Å². The first-order valence-corrected chi connectivity index (χ1v) is 13.4. The Bertz CT molecular complexity index is 1220. The van der Waals surface area contributed by atoms with E-state index < -0.39 is 27.4 Å². The van der Waals surface area contributed by atoms with Crippen molar-refractivity contribution >= 4 is 33.5 Å². The van der Waals surface area contributed by atoms with Gasteiger partial charge in [0, 0.05) is 36.9 Å².